The zero-order valence-electron chi connectivity index (χ0n) is 18.6. The highest BCUT2D eigenvalue weighted by Gasteiger charge is 2.35. The summed E-state index contributed by atoms with van der Waals surface area (Å²) in [7, 11) is 1.85. The lowest BCUT2D eigenvalue weighted by molar-refractivity contribution is 0.482. The Hall–Kier alpha value is -4.52. The molecule has 164 valence electrons. The van der Waals surface area contributed by atoms with Crippen LogP contribution in [0, 0.1) is 0 Å². The van der Waals surface area contributed by atoms with Gasteiger partial charge in [-0.25, -0.2) is 4.68 Å². The van der Waals surface area contributed by atoms with Gasteiger partial charge >= 0.3 is 7.05 Å². The van der Waals surface area contributed by atoms with Crippen LogP contribution in [0.25, 0.3) is 16.8 Å². The Morgan fingerprint density at radius 1 is 0.824 bits per heavy atom. The molecule has 2 aromatic heterocycles. The minimum atomic E-state index is -0.192. The van der Waals surface area contributed by atoms with Crippen molar-refractivity contribution in [2.24, 2.45) is 0 Å². The van der Waals surface area contributed by atoms with Gasteiger partial charge in [-0.1, -0.05) is 36.4 Å². The molecule has 0 N–H and O–H groups in total. The molecule has 6 rings (SSSR count). The average molecular weight is 444 g/mol. The SMILES string of the molecule is CN1B(c2cccc(Oc3cccc(-n4cc(-c5cccnc5)cn4)c3)c2)Oc2ccccc21. The molecule has 0 fully saturated rings. The fraction of sp³-hybridized carbons (Fsp3) is 0.0370. The van der Waals surface area contributed by atoms with Gasteiger partial charge in [-0.3, -0.25) is 4.98 Å². The molecule has 3 heterocycles. The number of fused-ring (bicyclic) bond motifs is 1. The molecule has 0 amide bonds. The summed E-state index contributed by atoms with van der Waals surface area (Å²) in [6, 6.07) is 27.9. The molecule has 0 saturated heterocycles. The number of anilines is 1. The lowest BCUT2D eigenvalue weighted by Crippen LogP contribution is -2.47. The van der Waals surface area contributed by atoms with Gasteiger partial charge in [-0.2, -0.15) is 5.10 Å². The largest absolute Gasteiger partial charge is 0.536 e. The highest BCUT2D eigenvalue weighted by Crippen LogP contribution is 2.34. The first-order valence-electron chi connectivity index (χ1n) is 11.1. The van der Waals surface area contributed by atoms with Gasteiger partial charge in [0.25, 0.3) is 0 Å². The second-order valence-electron chi connectivity index (χ2n) is 8.14. The Morgan fingerprint density at radius 2 is 1.68 bits per heavy atom. The molecule has 0 unspecified atom stereocenters. The van der Waals surface area contributed by atoms with Crippen molar-refractivity contribution in [3.63, 3.8) is 0 Å². The second kappa shape index (κ2) is 8.44. The summed E-state index contributed by atoms with van der Waals surface area (Å²) in [5.74, 6) is 2.37. The summed E-state index contributed by atoms with van der Waals surface area (Å²) in [4.78, 5) is 6.32. The fourth-order valence-electron chi connectivity index (χ4n) is 4.17. The highest BCUT2D eigenvalue weighted by molar-refractivity contribution is 6.73. The van der Waals surface area contributed by atoms with Crippen LogP contribution in [0.1, 0.15) is 0 Å². The van der Waals surface area contributed by atoms with Crippen LogP contribution in [-0.4, -0.2) is 28.9 Å². The smallest absolute Gasteiger partial charge is 0.519 e. The molecule has 6 nitrogen and oxygen atoms in total. The van der Waals surface area contributed by atoms with E-state index in [2.05, 4.69) is 27.0 Å². The maximum atomic E-state index is 6.22. The Labute approximate surface area is 198 Å². The molecule has 0 aliphatic carbocycles. The zero-order valence-corrected chi connectivity index (χ0v) is 18.6. The van der Waals surface area contributed by atoms with Gasteiger partial charge < -0.3 is 14.2 Å². The molecule has 0 bridgehead atoms. The minimum absolute atomic E-state index is 0.192. The van der Waals surface area contributed by atoms with E-state index in [1.807, 2.05) is 103 Å². The number of aromatic nitrogens is 3. The first-order valence-corrected chi connectivity index (χ1v) is 11.1. The van der Waals surface area contributed by atoms with Gasteiger partial charge in [0, 0.05) is 35.8 Å². The van der Waals surface area contributed by atoms with Crippen LogP contribution in [-0.2, 0) is 0 Å². The lowest BCUT2D eigenvalue weighted by Gasteiger charge is -2.17. The normalized spacial score (nSPS) is 12.4. The lowest BCUT2D eigenvalue weighted by atomic mass is 9.72. The van der Waals surface area contributed by atoms with Crippen molar-refractivity contribution in [3.8, 4) is 34.1 Å². The molecule has 0 atom stereocenters. The molecule has 0 radical (unpaired) electrons. The number of pyridine rings is 1. The maximum absolute atomic E-state index is 6.22. The number of hydrogen-bond donors (Lipinski definition) is 0. The summed E-state index contributed by atoms with van der Waals surface area (Å²) in [6.45, 7) is 0. The van der Waals surface area contributed by atoms with Crippen LogP contribution >= 0.6 is 0 Å². The molecule has 7 heteroatoms. The monoisotopic (exact) mass is 444 g/mol. The van der Waals surface area contributed by atoms with E-state index in [9.17, 15) is 0 Å². The third kappa shape index (κ3) is 3.77. The Bertz CT molecular complexity index is 1450. The Balaban J connectivity index is 1.23. The van der Waals surface area contributed by atoms with Crippen LogP contribution in [0.3, 0.4) is 0 Å². The summed E-state index contributed by atoms with van der Waals surface area (Å²) in [6.07, 6.45) is 7.42. The standard InChI is InChI=1S/C27H21BN4O2/c1-31-26-12-2-3-13-27(26)34-28(31)22-8-4-10-24(15-22)33-25-11-5-9-23(16-25)32-19-21(18-30-32)20-7-6-14-29-17-20/h2-19H,1H3. The maximum Gasteiger partial charge on any atom is 0.519 e. The summed E-state index contributed by atoms with van der Waals surface area (Å²) in [5, 5.41) is 4.52. The molecule has 1 aliphatic rings. The zero-order chi connectivity index (χ0) is 22.9. The quantitative estimate of drug-likeness (QED) is 0.359. The number of para-hydroxylation sites is 2. The molecule has 3 aromatic carbocycles. The number of ether oxygens (including phenoxy) is 1. The molecular formula is C27H21BN4O2. The van der Waals surface area contributed by atoms with Crippen molar-refractivity contribution < 1.29 is 9.39 Å². The number of rotatable bonds is 5. The van der Waals surface area contributed by atoms with E-state index < -0.39 is 0 Å². The number of benzene rings is 3. The van der Waals surface area contributed by atoms with Gasteiger partial charge in [0.1, 0.15) is 17.2 Å². The van der Waals surface area contributed by atoms with Crippen molar-refractivity contribution in [1.29, 1.82) is 0 Å². The van der Waals surface area contributed by atoms with E-state index in [0.29, 0.717) is 0 Å². The third-order valence-electron chi connectivity index (χ3n) is 5.87. The molecule has 5 aromatic rings. The van der Waals surface area contributed by atoms with Crippen LogP contribution in [0.4, 0.5) is 5.69 Å². The predicted octanol–water partition coefficient (Wildman–Crippen LogP) is 4.95. The van der Waals surface area contributed by atoms with E-state index in [0.717, 1.165) is 45.2 Å². The summed E-state index contributed by atoms with van der Waals surface area (Å²) >= 11 is 0. The van der Waals surface area contributed by atoms with Gasteiger partial charge in [0.05, 0.1) is 17.6 Å². The van der Waals surface area contributed by atoms with Gasteiger partial charge in [0.2, 0.25) is 0 Å². The van der Waals surface area contributed by atoms with E-state index in [4.69, 9.17) is 9.39 Å². The molecular weight excluding hydrogens is 423 g/mol. The van der Waals surface area contributed by atoms with Crippen molar-refractivity contribution in [2.75, 3.05) is 11.9 Å². The van der Waals surface area contributed by atoms with Crippen molar-refractivity contribution in [3.05, 3.63) is 110 Å². The number of hydrogen-bond acceptors (Lipinski definition) is 5. The van der Waals surface area contributed by atoms with Crippen LogP contribution < -0.4 is 19.7 Å². The topological polar surface area (TPSA) is 52.4 Å². The Morgan fingerprint density at radius 3 is 2.53 bits per heavy atom. The number of nitrogens with zero attached hydrogens (tertiary/aromatic N) is 4. The van der Waals surface area contributed by atoms with Gasteiger partial charge in [-0.15, -0.1) is 0 Å². The van der Waals surface area contributed by atoms with E-state index in [1.165, 1.54) is 0 Å². The molecule has 0 spiro atoms. The van der Waals surface area contributed by atoms with Gasteiger partial charge in [0.15, 0.2) is 0 Å². The highest BCUT2D eigenvalue weighted by atomic mass is 16.5. The molecule has 34 heavy (non-hydrogen) atoms. The van der Waals surface area contributed by atoms with E-state index >= 15 is 0 Å². The minimum Gasteiger partial charge on any atom is -0.536 e. The molecule has 1 aliphatic heterocycles. The third-order valence-corrected chi connectivity index (χ3v) is 5.87. The van der Waals surface area contributed by atoms with Crippen molar-refractivity contribution in [2.45, 2.75) is 0 Å². The van der Waals surface area contributed by atoms with Crippen LogP contribution in [0.2, 0.25) is 0 Å². The van der Waals surface area contributed by atoms with Gasteiger partial charge in [-0.05, 0) is 55.0 Å². The van der Waals surface area contributed by atoms with Crippen molar-refractivity contribution in [1.82, 2.24) is 14.8 Å². The first kappa shape index (κ1) is 20.1. The summed E-state index contributed by atoms with van der Waals surface area (Å²) < 4.78 is 14.2. The Kier molecular flexibility index (Phi) is 5.00. The van der Waals surface area contributed by atoms with Crippen molar-refractivity contribution >= 4 is 18.2 Å². The summed E-state index contributed by atoms with van der Waals surface area (Å²) in [5.41, 5.74) is 5.06. The van der Waals surface area contributed by atoms with E-state index in [-0.39, 0.29) is 7.05 Å². The van der Waals surface area contributed by atoms with E-state index in [1.54, 1.807) is 6.20 Å². The van der Waals surface area contributed by atoms with Crippen LogP contribution in [0.15, 0.2) is 110 Å². The average Bonchev–Trinajstić information content (AvgIpc) is 3.51. The first-order chi connectivity index (χ1) is 16.7. The molecule has 0 saturated carbocycles. The predicted molar refractivity (Wildman–Crippen MR) is 134 cm³/mol. The second-order valence-corrected chi connectivity index (χ2v) is 8.14. The van der Waals surface area contributed by atoms with Crippen LogP contribution in [0.5, 0.6) is 17.2 Å². The fourth-order valence-corrected chi connectivity index (χ4v) is 4.17.